The van der Waals surface area contributed by atoms with Crippen molar-refractivity contribution < 1.29 is 9.53 Å². The Kier molecular flexibility index (Phi) is 4.07. The number of carbonyl (C=O) groups excluding carboxylic acids is 1. The monoisotopic (exact) mass is 237 g/mol. The van der Waals surface area contributed by atoms with Gasteiger partial charge in [-0.3, -0.25) is 0 Å². The van der Waals surface area contributed by atoms with E-state index in [0.717, 1.165) is 5.57 Å². The smallest absolute Gasteiger partial charge is 0.419 e. The standard InChI is InChI=1S/C12H19N3O2/c1-9(5-6-13)10-7-15(8-14-10)11(16)17-12(2,3)4/h7-8H,1,5-6,13H2,2-4H3. The lowest BCUT2D eigenvalue weighted by Gasteiger charge is -2.19. The maximum atomic E-state index is 11.7. The number of nitrogens with zero attached hydrogens (tertiary/aromatic N) is 2. The van der Waals surface area contributed by atoms with Gasteiger partial charge in [-0.1, -0.05) is 6.58 Å². The zero-order valence-electron chi connectivity index (χ0n) is 10.6. The Morgan fingerprint density at radius 2 is 2.24 bits per heavy atom. The maximum Gasteiger partial charge on any atom is 0.419 e. The number of ether oxygens (including phenoxy) is 1. The van der Waals surface area contributed by atoms with Gasteiger partial charge < -0.3 is 10.5 Å². The van der Waals surface area contributed by atoms with Crippen molar-refractivity contribution in [1.82, 2.24) is 9.55 Å². The highest BCUT2D eigenvalue weighted by molar-refractivity contribution is 5.72. The summed E-state index contributed by atoms with van der Waals surface area (Å²) in [6, 6.07) is 0. The number of hydrogen-bond donors (Lipinski definition) is 1. The number of rotatable bonds is 3. The Bertz CT molecular complexity index is 416. The van der Waals surface area contributed by atoms with Crippen molar-refractivity contribution in [3.8, 4) is 0 Å². The van der Waals surface area contributed by atoms with Crippen molar-refractivity contribution in [3.05, 3.63) is 24.8 Å². The molecule has 0 unspecified atom stereocenters. The van der Waals surface area contributed by atoms with E-state index >= 15 is 0 Å². The van der Waals surface area contributed by atoms with Crippen molar-refractivity contribution in [1.29, 1.82) is 0 Å². The molecule has 0 aliphatic rings. The van der Waals surface area contributed by atoms with E-state index in [1.54, 1.807) is 6.20 Å². The molecule has 1 heterocycles. The van der Waals surface area contributed by atoms with Crippen molar-refractivity contribution in [3.63, 3.8) is 0 Å². The van der Waals surface area contributed by atoms with Crippen LogP contribution in [0.2, 0.25) is 0 Å². The molecular weight excluding hydrogens is 218 g/mol. The minimum absolute atomic E-state index is 0.447. The van der Waals surface area contributed by atoms with Crippen molar-refractivity contribution in [2.75, 3.05) is 6.54 Å². The first-order valence-corrected chi connectivity index (χ1v) is 5.49. The quantitative estimate of drug-likeness (QED) is 0.873. The van der Waals surface area contributed by atoms with Crippen LogP contribution in [0, 0.1) is 0 Å². The van der Waals surface area contributed by atoms with E-state index in [2.05, 4.69) is 11.6 Å². The largest absolute Gasteiger partial charge is 0.443 e. The van der Waals surface area contributed by atoms with Crippen LogP contribution in [0.3, 0.4) is 0 Å². The Labute approximate surface area is 101 Å². The van der Waals surface area contributed by atoms with Crippen molar-refractivity contribution >= 4 is 11.7 Å². The lowest BCUT2D eigenvalue weighted by molar-refractivity contribution is 0.0536. The summed E-state index contributed by atoms with van der Waals surface area (Å²) in [5.41, 5.74) is 6.39. The second-order valence-electron chi connectivity index (χ2n) is 4.79. The predicted molar refractivity (Wildman–Crippen MR) is 66.6 cm³/mol. The molecule has 94 valence electrons. The van der Waals surface area contributed by atoms with Crippen LogP contribution >= 0.6 is 0 Å². The van der Waals surface area contributed by atoms with Crippen LogP contribution in [0.5, 0.6) is 0 Å². The fourth-order valence-corrected chi connectivity index (χ4v) is 1.22. The van der Waals surface area contributed by atoms with Gasteiger partial charge in [0, 0.05) is 6.20 Å². The lowest BCUT2D eigenvalue weighted by Crippen LogP contribution is -2.26. The molecule has 17 heavy (non-hydrogen) atoms. The van der Waals surface area contributed by atoms with Gasteiger partial charge in [-0.15, -0.1) is 0 Å². The number of aromatic nitrogens is 2. The van der Waals surface area contributed by atoms with Gasteiger partial charge in [-0.05, 0) is 39.3 Å². The topological polar surface area (TPSA) is 70.1 Å². The molecule has 0 radical (unpaired) electrons. The molecule has 2 N–H and O–H groups in total. The van der Waals surface area contributed by atoms with Crippen LogP contribution in [0.25, 0.3) is 5.57 Å². The minimum Gasteiger partial charge on any atom is -0.443 e. The van der Waals surface area contributed by atoms with Crippen LogP contribution in [0.15, 0.2) is 19.1 Å². The molecule has 1 aromatic heterocycles. The third-order valence-electron chi connectivity index (χ3n) is 2.00. The van der Waals surface area contributed by atoms with E-state index in [9.17, 15) is 4.79 Å². The molecule has 0 fully saturated rings. The Balaban J connectivity index is 2.74. The Morgan fingerprint density at radius 1 is 1.59 bits per heavy atom. The van der Waals surface area contributed by atoms with E-state index in [1.807, 2.05) is 20.8 Å². The van der Waals surface area contributed by atoms with Gasteiger partial charge in [0.05, 0.1) is 5.69 Å². The Hall–Kier alpha value is -1.62. The molecule has 1 rings (SSSR count). The second kappa shape index (κ2) is 5.14. The highest BCUT2D eigenvalue weighted by Crippen LogP contribution is 2.14. The third kappa shape index (κ3) is 4.03. The first kappa shape index (κ1) is 13.4. The van der Waals surface area contributed by atoms with Gasteiger partial charge in [-0.2, -0.15) is 0 Å². The molecule has 1 aromatic rings. The van der Waals surface area contributed by atoms with Gasteiger partial charge in [-0.25, -0.2) is 14.3 Å². The first-order chi connectivity index (χ1) is 7.83. The zero-order chi connectivity index (χ0) is 13.1. The van der Waals surface area contributed by atoms with Crippen LogP contribution in [0.1, 0.15) is 32.9 Å². The van der Waals surface area contributed by atoms with E-state index in [-0.39, 0.29) is 0 Å². The summed E-state index contributed by atoms with van der Waals surface area (Å²) >= 11 is 0. The number of imidazole rings is 1. The number of hydrogen-bond acceptors (Lipinski definition) is 4. The van der Waals surface area contributed by atoms with Gasteiger partial charge in [0.1, 0.15) is 11.9 Å². The van der Waals surface area contributed by atoms with Crippen LogP contribution < -0.4 is 5.73 Å². The van der Waals surface area contributed by atoms with Gasteiger partial charge in [0.2, 0.25) is 0 Å². The van der Waals surface area contributed by atoms with Crippen LogP contribution in [0.4, 0.5) is 4.79 Å². The van der Waals surface area contributed by atoms with Gasteiger partial charge in [0.15, 0.2) is 0 Å². The van der Waals surface area contributed by atoms with E-state index in [4.69, 9.17) is 10.5 Å². The normalized spacial score (nSPS) is 11.3. The van der Waals surface area contributed by atoms with E-state index in [0.29, 0.717) is 18.7 Å². The molecule has 5 heteroatoms. The lowest BCUT2D eigenvalue weighted by atomic mass is 10.2. The van der Waals surface area contributed by atoms with Crippen LogP contribution in [-0.4, -0.2) is 27.8 Å². The van der Waals surface area contributed by atoms with Crippen molar-refractivity contribution in [2.45, 2.75) is 32.8 Å². The molecule has 0 aliphatic carbocycles. The van der Waals surface area contributed by atoms with Crippen molar-refractivity contribution in [2.24, 2.45) is 5.73 Å². The van der Waals surface area contributed by atoms with E-state index in [1.165, 1.54) is 10.9 Å². The molecule has 0 saturated carbocycles. The summed E-state index contributed by atoms with van der Waals surface area (Å²) in [4.78, 5) is 15.8. The molecule has 0 aliphatic heterocycles. The maximum absolute atomic E-state index is 11.7. The average molecular weight is 237 g/mol. The SMILES string of the molecule is C=C(CCN)c1cn(C(=O)OC(C)(C)C)cn1. The zero-order valence-corrected chi connectivity index (χ0v) is 10.6. The number of carbonyl (C=O) groups is 1. The summed E-state index contributed by atoms with van der Waals surface area (Å²) < 4.78 is 6.51. The highest BCUT2D eigenvalue weighted by atomic mass is 16.6. The predicted octanol–water partition coefficient (Wildman–Crippen LogP) is 2.03. The minimum atomic E-state index is -0.518. The first-order valence-electron chi connectivity index (χ1n) is 5.49. The molecule has 0 aromatic carbocycles. The summed E-state index contributed by atoms with van der Waals surface area (Å²) in [5, 5.41) is 0. The summed E-state index contributed by atoms with van der Waals surface area (Å²) in [7, 11) is 0. The molecule has 0 atom stereocenters. The summed E-state index contributed by atoms with van der Waals surface area (Å²) in [5.74, 6) is 0. The molecule has 0 saturated heterocycles. The molecule has 0 amide bonds. The fourth-order valence-electron chi connectivity index (χ4n) is 1.22. The second-order valence-corrected chi connectivity index (χ2v) is 4.79. The fraction of sp³-hybridized carbons (Fsp3) is 0.500. The average Bonchev–Trinajstić information content (AvgIpc) is 2.63. The molecule has 0 spiro atoms. The summed E-state index contributed by atoms with van der Waals surface area (Å²) in [6.45, 7) is 9.81. The Morgan fingerprint density at radius 3 is 2.76 bits per heavy atom. The van der Waals surface area contributed by atoms with E-state index < -0.39 is 11.7 Å². The highest BCUT2D eigenvalue weighted by Gasteiger charge is 2.18. The molecule has 5 nitrogen and oxygen atoms in total. The third-order valence-corrected chi connectivity index (χ3v) is 2.00. The summed E-state index contributed by atoms with van der Waals surface area (Å²) in [6.07, 6.45) is 3.24. The van der Waals surface area contributed by atoms with Gasteiger partial charge in [0.25, 0.3) is 0 Å². The molecular formula is C12H19N3O2. The van der Waals surface area contributed by atoms with Crippen LogP contribution in [-0.2, 0) is 4.74 Å². The number of nitrogens with two attached hydrogens (primary N) is 1. The van der Waals surface area contributed by atoms with Gasteiger partial charge >= 0.3 is 6.09 Å². The molecule has 0 bridgehead atoms.